The Labute approximate surface area is 100 Å². The molecule has 2 rings (SSSR count). The maximum absolute atomic E-state index is 13.6. The molecule has 78 valence electrons. The number of aromatic amines is 1. The van der Waals surface area contributed by atoms with E-state index < -0.39 is 0 Å². The van der Waals surface area contributed by atoms with Crippen LogP contribution in [-0.4, -0.2) is 10.8 Å². The molecule has 0 aliphatic rings. The number of carbonyl (C=O) groups excluding carboxylic acids is 1. The molecule has 1 N–H and O–H groups in total. The minimum Gasteiger partial charge on any atom is -0.351 e. The molecule has 0 bridgehead atoms. The number of halogens is 2. The van der Waals surface area contributed by atoms with E-state index in [0.29, 0.717) is 22.2 Å². The fourth-order valence-corrected chi connectivity index (χ4v) is 2.32. The summed E-state index contributed by atoms with van der Waals surface area (Å²) >= 11 is 2.12. The van der Waals surface area contributed by atoms with Crippen molar-refractivity contribution in [1.82, 2.24) is 4.98 Å². The van der Waals surface area contributed by atoms with Crippen molar-refractivity contribution in [2.45, 2.75) is 13.8 Å². The van der Waals surface area contributed by atoms with Crippen molar-refractivity contribution >= 4 is 39.3 Å². The summed E-state index contributed by atoms with van der Waals surface area (Å²) < 4.78 is 14.5. The van der Waals surface area contributed by atoms with Crippen molar-refractivity contribution in [2.75, 3.05) is 0 Å². The zero-order chi connectivity index (χ0) is 11.2. The predicted molar refractivity (Wildman–Crippen MR) is 65.7 cm³/mol. The fraction of sp³-hybridized carbons (Fsp3) is 0.182. The number of nitrogens with one attached hydrogen (secondary N) is 1. The van der Waals surface area contributed by atoms with Crippen molar-refractivity contribution in [1.29, 1.82) is 0 Å². The molecule has 0 saturated heterocycles. The van der Waals surface area contributed by atoms with Gasteiger partial charge in [0.15, 0.2) is 5.78 Å². The number of hydrogen-bond acceptors (Lipinski definition) is 1. The van der Waals surface area contributed by atoms with Crippen LogP contribution in [0, 0.1) is 16.3 Å². The van der Waals surface area contributed by atoms with E-state index in [-0.39, 0.29) is 11.6 Å². The SMILES string of the molecule is CC(=O)c1[nH]c2c(I)ccc(F)c2c1C. The highest BCUT2D eigenvalue weighted by atomic mass is 127. The van der Waals surface area contributed by atoms with Crippen LogP contribution in [0.25, 0.3) is 10.9 Å². The summed E-state index contributed by atoms with van der Waals surface area (Å²) in [6.07, 6.45) is 0. The molecule has 0 fully saturated rings. The molecule has 2 aromatic rings. The van der Waals surface area contributed by atoms with Gasteiger partial charge in [0, 0.05) is 15.9 Å². The topological polar surface area (TPSA) is 32.9 Å². The fourth-order valence-electron chi connectivity index (χ4n) is 1.74. The number of Topliss-reactive ketones (excluding diaryl/α,β-unsaturated/α-hetero) is 1. The lowest BCUT2D eigenvalue weighted by Gasteiger charge is -1.96. The number of aromatic nitrogens is 1. The van der Waals surface area contributed by atoms with Gasteiger partial charge in [0.1, 0.15) is 5.82 Å². The van der Waals surface area contributed by atoms with Crippen LogP contribution in [0.15, 0.2) is 12.1 Å². The summed E-state index contributed by atoms with van der Waals surface area (Å²) in [4.78, 5) is 14.3. The standard InChI is InChI=1S/C11H9FINO/c1-5-9-7(12)3-4-8(13)11(9)14-10(5)6(2)15/h3-4,14H,1-2H3. The van der Waals surface area contributed by atoms with Gasteiger partial charge in [0.25, 0.3) is 0 Å². The maximum Gasteiger partial charge on any atom is 0.176 e. The number of benzene rings is 1. The number of ketones is 1. The average molecular weight is 317 g/mol. The van der Waals surface area contributed by atoms with Crippen LogP contribution in [0.3, 0.4) is 0 Å². The molecule has 1 aromatic heterocycles. The maximum atomic E-state index is 13.6. The number of hydrogen-bond donors (Lipinski definition) is 1. The Morgan fingerprint density at radius 3 is 2.67 bits per heavy atom. The van der Waals surface area contributed by atoms with Gasteiger partial charge in [-0.1, -0.05) is 0 Å². The first-order valence-electron chi connectivity index (χ1n) is 4.49. The molecule has 2 nitrogen and oxygen atoms in total. The van der Waals surface area contributed by atoms with E-state index in [4.69, 9.17) is 0 Å². The summed E-state index contributed by atoms with van der Waals surface area (Å²) in [5, 5.41) is 0.520. The third kappa shape index (κ3) is 1.56. The zero-order valence-electron chi connectivity index (χ0n) is 8.32. The molecule has 0 unspecified atom stereocenters. The van der Waals surface area contributed by atoms with Crippen molar-refractivity contribution < 1.29 is 9.18 Å². The molecule has 0 atom stereocenters. The molecule has 0 radical (unpaired) electrons. The lowest BCUT2D eigenvalue weighted by atomic mass is 10.1. The lowest BCUT2D eigenvalue weighted by molar-refractivity contribution is 0.101. The zero-order valence-corrected chi connectivity index (χ0v) is 10.5. The van der Waals surface area contributed by atoms with E-state index >= 15 is 0 Å². The Morgan fingerprint density at radius 2 is 2.13 bits per heavy atom. The molecule has 1 heterocycles. The third-order valence-corrected chi connectivity index (χ3v) is 3.35. The highest BCUT2D eigenvalue weighted by Crippen LogP contribution is 2.28. The molecular weight excluding hydrogens is 308 g/mol. The van der Waals surface area contributed by atoms with Gasteiger partial charge in [-0.3, -0.25) is 4.79 Å². The highest BCUT2D eigenvalue weighted by Gasteiger charge is 2.15. The summed E-state index contributed by atoms with van der Waals surface area (Å²) in [6.45, 7) is 3.23. The van der Waals surface area contributed by atoms with Crippen molar-refractivity contribution in [3.8, 4) is 0 Å². The summed E-state index contributed by atoms with van der Waals surface area (Å²) in [6, 6.07) is 3.12. The molecule has 0 saturated carbocycles. The molecule has 1 aromatic carbocycles. The number of aryl methyl sites for hydroxylation is 1. The first kappa shape index (κ1) is 10.6. The molecule has 0 aliphatic heterocycles. The minimum atomic E-state index is -0.285. The van der Waals surface area contributed by atoms with Crippen LogP contribution in [-0.2, 0) is 0 Å². The first-order chi connectivity index (χ1) is 7.02. The third-order valence-electron chi connectivity index (χ3n) is 2.46. The van der Waals surface area contributed by atoms with Gasteiger partial charge in [-0.05, 0) is 47.2 Å². The van der Waals surface area contributed by atoms with Gasteiger partial charge in [0.05, 0.1) is 11.2 Å². The lowest BCUT2D eigenvalue weighted by Crippen LogP contribution is -1.94. The molecule has 0 amide bonds. The van der Waals surface area contributed by atoms with Gasteiger partial charge >= 0.3 is 0 Å². The van der Waals surface area contributed by atoms with Gasteiger partial charge < -0.3 is 4.98 Å². The number of carbonyl (C=O) groups is 1. The highest BCUT2D eigenvalue weighted by molar-refractivity contribution is 14.1. The Kier molecular flexibility index (Phi) is 2.54. The van der Waals surface area contributed by atoms with E-state index in [1.54, 1.807) is 13.0 Å². The Balaban J connectivity index is 2.93. The van der Waals surface area contributed by atoms with Crippen LogP contribution in [0.1, 0.15) is 23.0 Å². The Hall–Kier alpha value is -0.910. The van der Waals surface area contributed by atoms with Gasteiger partial charge in [-0.15, -0.1) is 0 Å². The summed E-state index contributed by atoms with van der Waals surface area (Å²) in [5.74, 6) is -0.356. The summed E-state index contributed by atoms with van der Waals surface area (Å²) in [7, 11) is 0. The smallest absolute Gasteiger partial charge is 0.176 e. The first-order valence-corrected chi connectivity index (χ1v) is 5.57. The van der Waals surface area contributed by atoms with Crippen LogP contribution in [0.5, 0.6) is 0 Å². The number of H-pyrrole nitrogens is 1. The van der Waals surface area contributed by atoms with Crippen LogP contribution >= 0.6 is 22.6 Å². The van der Waals surface area contributed by atoms with Crippen LogP contribution < -0.4 is 0 Å². The van der Waals surface area contributed by atoms with Crippen molar-refractivity contribution in [2.24, 2.45) is 0 Å². The second-order valence-corrected chi connectivity index (χ2v) is 4.62. The monoisotopic (exact) mass is 317 g/mol. The Morgan fingerprint density at radius 1 is 1.47 bits per heavy atom. The average Bonchev–Trinajstić information content (AvgIpc) is 2.51. The summed E-state index contributed by atoms with van der Waals surface area (Å²) in [5.41, 5.74) is 1.89. The molecular formula is C11H9FINO. The normalized spacial score (nSPS) is 10.9. The molecule has 4 heteroatoms. The predicted octanol–water partition coefficient (Wildman–Crippen LogP) is 3.42. The van der Waals surface area contributed by atoms with Crippen LogP contribution in [0.4, 0.5) is 4.39 Å². The quantitative estimate of drug-likeness (QED) is 0.634. The van der Waals surface area contributed by atoms with Gasteiger partial charge in [-0.2, -0.15) is 0 Å². The van der Waals surface area contributed by atoms with Crippen LogP contribution in [0.2, 0.25) is 0 Å². The molecule has 15 heavy (non-hydrogen) atoms. The molecule has 0 spiro atoms. The van der Waals surface area contributed by atoms with Gasteiger partial charge in [0.2, 0.25) is 0 Å². The number of rotatable bonds is 1. The Bertz CT molecular complexity index is 559. The van der Waals surface area contributed by atoms with Crippen molar-refractivity contribution in [3.05, 3.63) is 32.8 Å². The number of fused-ring (bicyclic) bond motifs is 1. The van der Waals surface area contributed by atoms with E-state index in [2.05, 4.69) is 27.6 Å². The molecule has 0 aliphatic carbocycles. The van der Waals surface area contributed by atoms with Crippen molar-refractivity contribution in [3.63, 3.8) is 0 Å². The minimum absolute atomic E-state index is 0.0705. The van der Waals surface area contributed by atoms with E-state index in [1.165, 1.54) is 13.0 Å². The van der Waals surface area contributed by atoms with E-state index in [9.17, 15) is 9.18 Å². The van der Waals surface area contributed by atoms with E-state index in [0.717, 1.165) is 3.57 Å². The second kappa shape index (κ2) is 3.59. The van der Waals surface area contributed by atoms with E-state index in [1.807, 2.05) is 0 Å². The van der Waals surface area contributed by atoms with Gasteiger partial charge in [-0.25, -0.2) is 4.39 Å². The second-order valence-electron chi connectivity index (χ2n) is 3.46. The largest absolute Gasteiger partial charge is 0.351 e.